The third kappa shape index (κ3) is 4.00. The van der Waals surface area contributed by atoms with Gasteiger partial charge < -0.3 is 15.4 Å². The summed E-state index contributed by atoms with van der Waals surface area (Å²) in [7, 11) is 0. The Morgan fingerprint density at radius 3 is 2.66 bits per heavy atom. The lowest BCUT2D eigenvalue weighted by molar-refractivity contribution is -0.153. The summed E-state index contributed by atoms with van der Waals surface area (Å²) in [6.07, 6.45) is 6.14. The highest BCUT2D eigenvalue weighted by molar-refractivity contribution is 6.03. The van der Waals surface area contributed by atoms with Crippen LogP contribution in [-0.2, 0) is 0 Å². The minimum Gasteiger partial charge on any atom is -0.482 e. The Balaban J connectivity index is 1.14. The van der Waals surface area contributed by atoms with Gasteiger partial charge in [-0.2, -0.15) is 13.2 Å². The molecule has 0 radical (unpaired) electrons. The molecule has 0 aromatic carbocycles. The standard InChI is InChI=1S/C25H28F3N5O2/c1-13(24-8-15-6-14-7-16(9-24)21(15)17(14)10-24)31-23-30-5-2-18(33-23)22(34)32-19-11-29-4-3-20(19)35-12-25(26,27)28/h2-5,11,13-17,21H,6-10,12H2,1H3,(H,32,34)(H,30,31,33). The first-order valence-corrected chi connectivity index (χ1v) is 12.3. The third-order valence-corrected chi connectivity index (χ3v) is 8.95. The zero-order chi connectivity index (χ0) is 24.4. The van der Waals surface area contributed by atoms with Crippen LogP contribution >= 0.6 is 0 Å². The van der Waals surface area contributed by atoms with Gasteiger partial charge in [0.25, 0.3) is 5.91 Å². The Labute approximate surface area is 201 Å². The van der Waals surface area contributed by atoms with Crippen LogP contribution in [0, 0.1) is 35.0 Å². The van der Waals surface area contributed by atoms with Crippen LogP contribution in [0.4, 0.5) is 24.8 Å². The average Bonchev–Trinajstić information content (AvgIpc) is 3.22. The van der Waals surface area contributed by atoms with Gasteiger partial charge >= 0.3 is 6.18 Å². The van der Waals surface area contributed by atoms with E-state index in [2.05, 4.69) is 32.5 Å². The lowest BCUT2D eigenvalue weighted by Crippen LogP contribution is -2.52. The van der Waals surface area contributed by atoms with Gasteiger partial charge in [0, 0.05) is 24.5 Å². The van der Waals surface area contributed by atoms with E-state index < -0.39 is 18.7 Å². The SMILES string of the molecule is CC(Nc1nccc(C(=O)Nc2cnccc2OCC(F)(F)F)n1)C12CC3CC4CC(C1)C3C4C2. The van der Waals surface area contributed by atoms with Gasteiger partial charge in [0.05, 0.1) is 6.20 Å². The molecular weight excluding hydrogens is 459 g/mol. The Morgan fingerprint density at radius 1 is 1.17 bits per heavy atom. The van der Waals surface area contributed by atoms with Crippen molar-refractivity contribution in [2.24, 2.45) is 35.0 Å². The molecule has 0 spiro atoms. The molecule has 5 fully saturated rings. The summed E-state index contributed by atoms with van der Waals surface area (Å²) >= 11 is 0. The zero-order valence-corrected chi connectivity index (χ0v) is 19.4. The fraction of sp³-hybridized carbons (Fsp3) is 0.600. The molecular formula is C25H28F3N5O2. The number of hydrogen-bond acceptors (Lipinski definition) is 6. The molecule has 4 unspecified atom stereocenters. The van der Waals surface area contributed by atoms with Crippen molar-refractivity contribution < 1.29 is 22.7 Å². The maximum Gasteiger partial charge on any atom is 0.422 e. The van der Waals surface area contributed by atoms with Crippen molar-refractivity contribution in [3.05, 3.63) is 36.4 Å². The molecule has 7 nitrogen and oxygen atoms in total. The summed E-state index contributed by atoms with van der Waals surface area (Å²) in [5.41, 5.74) is 0.394. The zero-order valence-electron chi connectivity index (χ0n) is 19.4. The first-order valence-electron chi connectivity index (χ1n) is 12.3. The number of halogens is 3. The highest BCUT2D eigenvalue weighted by Gasteiger charge is 2.66. The van der Waals surface area contributed by atoms with Gasteiger partial charge in [0.2, 0.25) is 5.95 Å². The van der Waals surface area contributed by atoms with Gasteiger partial charge in [0.1, 0.15) is 17.1 Å². The number of hydrogen-bond donors (Lipinski definition) is 2. The molecule has 2 aromatic rings. The molecule has 2 N–H and O–H groups in total. The van der Waals surface area contributed by atoms with Crippen LogP contribution in [0.5, 0.6) is 5.75 Å². The fourth-order valence-corrected chi connectivity index (χ4v) is 7.82. The second kappa shape index (κ2) is 8.06. The lowest BCUT2D eigenvalue weighted by Gasteiger charge is -2.55. The van der Waals surface area contributed by atoms with Crippen molar-refractivity contribution in [1.29, 1.82) is 0 Å². The van der Waals surface area contributed by atoms with E-state index >= 15 is 0 Å². The summed E-state index contributed by atoms with van der Waals surface area (Å²) in [5.74, 6) is 4.16. The van der Waals surface area contributed by atoms with E-state index in [0.29, 0.717) is 5.95 Å². The molecule has 6 bridgehead atoms. The Hall–Kier alpha value is -2.91. The summed E-state index contributed by atoms with van der Waals surface area (Å²) < 4.78 is 42.5. The van der Waals surface area contributed by atoms with Crippen LogP contribution in [0.25, 0.3) is 0 Å². The molecule has 5 aliphatic rings. The number of alkyl halides is 3. The maximum absolute atomic E-state index is 12.8. The highest BCUT2D eigenvalue weighted by Crippen LogP contribution is 2.73. The number of amides is 1. The number of carbonyl (C=O) groups excluding carboxylic acids is 1. The summed E-state index contributed by atoms with van der Waals surface area (Å²) in [4.78, 5) is 25.5. The van der Waals surface area contributed by atoms with Crippen LogP contribution in [-0.4, -0.2) is 39.7 Å². The molecule has 10 heteroatoms. The molecule has 7 rings (SSSR count). The topological polar surface area (TPSA) is 89.0 Å². The van der Waals surface area contributed by atoms with Gasteiger partial charge in [-0.1, -0.05) is 0 Å². The van der Waals surface area contributed by atoms with E-state index in [1.54, 1.807) is 0 Å². The summed E-state index contributed by atoms with van der Waals surface area (Å²) in [6, 6.07) is 2.93. The molecule has 35 heavy (non-hydrogen) atoms. The number of ether oxygens (including phenoxy) is 1. The number of pyridine rings is 1. The van der Waals surface area contributed by atoms with Crippen molar-refractivity contribution >= 4 is 17.5 Å². The lowest BCUT2D eigenvalue weighted by atomic mass is 9.51. The minimum atomic E-state index is -4.49. The monoisotopic (exact) mass is 487 g/mol. The highest BCUT2D eigenvalue weighted by atomic mass is 19.4. The van der Waals surface area contributed by atoms with Gasteiger partial charge in [-0.15, -0.1) is 0 Å². The Kier molecular flexibility index (Phi) is 5.19. The number of anilines is 2. The Morgan fingerprint density at radius 2 is 1.94 bits per heavy atom. The van der Waals surface area contributed by atoms with Crippen LogP contribution in [0.1, 0.15) is 49.5 Å². The molecule has 186 valence electrons. The van der Waals surface area contributed by atoms with Crippen LogP contribution in [0.2, 0.25) is 0 Å². The molecule has 2 aromatic heterocycles. The van der Waals surface area contributed by atoms with Crippen molar-refractivity contribution in [3.63, 3.8) is 0 Å². The number of rotatable bonds is 7. The van der Waals surface area contributed by atoms with E-state index in [4.69, 9.17) is 4.74 Å². The molecule has 4 atom stereocenters. The largest absolute Gasteiger partial charge is 0.482 e. The number of nitrogens with one attached hydrogen (secondary N) is 2. The first-order chi connectivity index (χ1) is 16.7. The normalized spacial score (nSPS) is 33.1. The second-order valence-corrected chi connectivity index (χ2v) is 10.8. The molecule has 0 aliphatic heterocycles. The smallest absolute Gasteiger partial charge is 0.422 e. The molecule has 1 amide bonds. The van der Waals surface area contributed by atoms with Crippen molar-refractivity contribution in [2.75, 3.05) is 17.2 Å². The molecule has 2 heterocycles. The van der Waals surface area contributed by atoms with E-state index in [0.717, 1.165) is 29.6 Å². The van der Waals surface area contributed by atoms with Gasteiger partial charge in [-0.3, -0.25) is 9.78 Å². The average molecular weight is 488 g/mol. The summed E-state index contributed by atoms with van der Waals surface area (Å²) in [6.45, 7) is 0.740. The van der Waals surface area contributed by atoms with Crippen molar-refractivity contribution in [3.8, 4) is 5.75 Å². The van der Waals surface area contributed by atoms with Crippen molar-refractivity contribution in [2.45, 2.75) is 51.2 Å². The minimum absolute atomic E-state index is 0.0376. The van der Waals surface area contributed by atoms with E-state index in [-0.39, 0.29) is 28.6 Å². The molecule has 5 aliphatic carbocycles. The second-order valence-electron chi connectivity index (χ2n) is 10.8. The number of carbonyl (C=O) groups is 1. The van der Waals surface area contributed by atoms with Crippen LogP contribution in [0.15, 0.2) is 30.7 Å². The number of nitrogens with zero attached hydrogens (tertiary/aromatic N) is 3. The predicted molar refractivity (Wildman–Crippen MR) is 122 cm³/mol. The predicted octanol–water partition coefficient (Wildman–Crippen LogP) is 4.94. The van der Waals surface area contributed by atoms with E-state index in [1.807, 2.05) is 0 Å². The van der Waals surface area contributed by atoms with E-state index in [9.17, 15) is 18.0 Å². The first kappa shape index (κ1) is 22.5. The third-order valence-electron chi connectivity index (χ3n) is 8.95. The van der Waals surface area contributed by atoms with E-state index in [1.165, 1.54) is 62.8 Å². The van der Waals surface area contributed by atoms with Gasteiger partial charge in [-0.25, -0.2) is 9.97 Å². The number of aromatic nitrogens is 3. The Bertz CT molecular complexity index is 1130. The van der Waals surface area contributed by atoms with Crippen molar-refractivity contribution in [1.82, 2.24) is 15.0 Å². The molecule has 5 saturated carbocycles. The maximum atomic E-state index is 12.8. The van der Waals surface area contributed by atoms with Gasteiger partial charge in [-0.05, 0) is 80.1 Å². The van der Waals surface area contributed by atoms with Gasteiger partial charge in [0.15, 0.2) is 6.61 Å². The fourth-order valence-electron chi connectivity index (χ4n) is 7.82. The molecule has 0 saturated heterocycles. The summed E-state index contributed by atoms with van der Waals surface area (Å²) in [5, 5.41) is 6.03. The van der Waals surface area contributed by atoms with Crippen LogP contribution in [0.3, 0.4) is 0 Å². The quantitative estimate of drug-likeness (QED) is 0.575. The van der Waals surface area contributed by atoms with Crippen LogP contribution < -0.4 is 15.4 Å².